The molecule has 2 N–H and O–H groups in total. The molecule has 2 unspecified atom stereocenters. The molecule has 0 aromatic heterocycles. The normalized spacial score (nSPS) is 23.0. The number of nitrogens with two attached hydrogens (primary N) is 1. The van der Waals surface area contributed by atoms with Crippen molar-refractivity contribution >= 4 is 17.6 Å². The van der Waals surface area contributed by atoms with Crippen LogP contribution in [0.1, 0.15) is 24.8 Å². The van der Waals surface area contributed by atoms with E-state index in [4.69, 9.17) is 22.1 Å². The van der Waals surface area contributed by atoms with Gasteiger partial charge in [0.05, 0.1) is 5.92 Å². The highest BCUT2D eigenvalue weighted by Gasteiger charge is 2.33. The second kappa shape index (κ2) is 6.21. The molecule has 1 aliphatic rings. The van der Waals surface area contributed by atoms with Gasteiger partial charge < -0.3 is 10.5 Å². The maximum absolute atomic E-state index is 12.0. The molecule has 98 valence electrons. The van der Waals surface area contributed by atoms with Gasteiger partial charge in [-0.2, -0.15) is 0 Å². The maximum atomic E-state index is 12.0. The number of halogens is 1. The number of hydrogen-bond acceptors (Lipinski definition) is 3. The van der Waals surface area contributed by atoms with Crippen molar-refractivity contribution in [3.8, 4) is 0 Å². The molecule has 1 aromatic carbocycles. The zero-order valence-electron chi connectivity index (χ0n) is 10.3. The van der Waals surface area contributed by atoms with Gasteiger partial charge in [-0.15, -0.1) is 0 Å². The van der Waals surface area contributed by atoms with Crippen molar-refractivity contribution in [1.82, 2.24) is 0 Å². The monoisotopic (exact) mass is 267 g/mol. The van der Waals surface area contributed by atoms with Crippen molar-refractivity contribution in [3.05, 3.63) is 34.9 Å². The quantitative estimate of drug-likeness (QED) is 0.854. The van der Waals surface area contributed by atoms with E-state index in [9.17, 15) is 4.79 Å². The first-order valence-electron chi connectivity index (χ1n) is 6.32. The fraction of sp³-hybridized carbons (Fsp3) is 0.500. The van der Waals surface area contributed by atoms with Gasteiger partial charge in [0.15, 0.2) is 0 Å². The van der Waals surface area contributed by atoms with Crippen LogP contribution in [0.25, 0.3) is 0 Å². The van der Waals surface area contributed by atoms with Crippen molar-refractivity contribution in [3.63, 3.8) is 0 Å². The fourth-order valence-corrected chi connectivity index (χ4v) is 2.73. The second-order valence-corrected chi connectivity index (χ2v) is 5.21. The smallest absolute Gasteiger partial charge is 0.309 e. The molecule has 0 amide bonds. The third-order valence-corrected chi connectivity index (χ3v) is 3.77. The molecule has 0 radical (unpaired) electrons. The standard InChI is InChI=1S/C14H18ClNO2/c15-12-5-1-3-10(7-12)9-18-14(17)13-6-2-4-11(13)8-16/h1,3,5,7,11,13H,2,4,6,8-9,16H2. The molecule has 0 aliphatic heterocycles. The number of rotatable bonds is 4. The number of benzene rings is 1. The first kappa shape index (κ1) is 13.4. The van der Waals surface area contributed by atoms with Crippen LogP contribution in [0.3, 0.4) is 0 Å². The molecule has 1 aliphatic carbocycles. The summed E-state index contributed by atoms with van der Waals surface area (Å²) in [5.41, 5.74) is 6.58. The lowest BCUT2D eigenvalue weighted by Crippen LogP contribution is -2.26. The molecule has 0 bridgehead atoms. The van der Waals surface area contributed by atoms with Crippen LogP contribution in [0.5, 0.6) is 0 Å². The van der Waals surface area contributed by atoms with Crippen LogP contribution < -0.4 is 5.73 Å². The largest absolute Gasteiger partial charge is 0.461 e. The van der Waals surface area contributed by atoms with E-state index in [1.54, 1.807) is 6.07 Å². The molecule has 0 spiro atoms. The number of hydrogen-bond donors (Lipinski definition) is 1. The number of esters is 1. The average Bonchev–Trinajstić information content (AvgIpc) is 2.84. The SMILES string of the molecule is NCC1CCCC1C(=O)OCc1cccc(Cl)c1. The molecule has 2 rings (SSSR count). The molecule has 4 heteroatoms. The predicted octanol–water partition coefficient (Wildman–Crippen LogP) is 2.76. The van der Waals surface area contributed by atoms with E-state index in [-0.39, 0.29) is 24.4 Å². The minimum Gasteiger partial charge on any atom is -0.461 e. The van der Waals surface area contributed by atoms with Gasteiger partial charge in [-0.3, -0.25) is 4.79 Å². The van der Waals surface area contributed by atoms with Crippen LogP contribution in [-0.4, -0.2) is 12.5 Å². The van der Waals surface area contributed by atoms with Crippen LogP contribution in [0, 0.1) is 11.8 Å². The molecule has 2 atom stereocenters. The van der Waals surface area contributed by atoms with Crippen molar-refractivity contribution < 1.29 is 9.53 Å². The summed E-state index contributed by atoms with van der Waals surface area (Å²) < 4.78 is 5.35. The molecule has 18 heavy (non-hydrogen) atoms. The Labute approximate surface area is 112 Å². The van der Waals surface area contributed by atoms with Gasteiger partial charge in [0.25, 0.3) is 0 Å². The van der Waals surface area contributed by atoms with E-state index in [2.05, 4.69) is 0 Å². The highest BCUT2D eigenvalue weighted by molar-refractivity contribution is 6.30. The third-order valence-electron chi connectivity index (χ3n) is 3.53. The van der Waals surface area contributed by atoms with Crippen LogP contribution in [0.15, 0.2) is 24.3 Å². The Kier molecular flexibility index (Phi) is 4.61. The number of carbonyl (C=O) groups is 1. The van der Waals surface area contributed by atoms with Gasteiger partial charge in [0.2, 0.25) is 0 Å². The van der Waals surface area contributed by atoms with Gasteiger partial charge in [-0.1, -0.05) is 30.2 Å². The lowest BCUT2D eigenvalue weighted by Gasteiger charge is -2.16. The van der Waals surface area contributed by atoms with Crippen molar-refractivity contribution in [2.45, 2.75) is 25.9 Å². The molecular formula is C14H18ClNO2. The Bertz CT molecular complexity index is 422. The molecule has 0 saturated heterocycles. The van der Waals surface area contributed by atoms with Gasteiger partial charge in [0, 0.05) is 5.02 Å². The highest BCUT2D eigenvalue weighted by Crippen LogP contribution is 2.32. The minimum absolute atomic E-state index is 0.0193. The summed E-state index contributed by atoms with van der Waals surface area (Å²) in [7, 11) is 0. The Morgan fingerprint density at radius 2 is 2.28 bits per heavy atom. The molecule has 1 saturated carbocycles. The van der Waals surface area contributed by atoms with Crippen LogP contribution in [0.4, 0.5) is 0 Å². The van der Waals surface area contributed by atoms with E-state index >= 15 is 0 Å². The summed E-state index contributed by atoms with van der Waals surface area (Å²) in [6.07, 6.45) is 3.00. The van der Waals surface area contributed by atoms with E-state index in [1.165, 1.54) is 0 Å². The molecule has 1 aromatic rings. The number of carbonyl (C=O) groups excluding carboxylic acids is 1. The first-order valence-corrected chi connectivity index (χ1v) is 6.69. The molecular weight excluding hydrogens is 250 g/mol. The van der Waals surface area contributed by atoms with Crippen LogP contribution in [0.2, 0.25) is 5.02 Å². The van der Waals surface area contributed by atoms with Gasteiger partial charge in [0.1, 0.15) is 6.61 Å². The van der Waals surface area contributed by atoms with Crippen molar-refractivity contribution in [2.75, 3.05) is 6.54 Å². The Morgan fingerprint density at radius 1 is 1.44 bits per heavy atom. The Morgan fingerprint density at radius 3 is 3.00 bits per heavy atom. The fourth-order valence-electron chi connectivity index (χ4n) is 2.52. The molecule has 1 fully saturated rings. The summed E-state index contributed by atoms with van der Waals surface area (Å²) in [5, 5.41) is 0.657. The topological polar surface area (TPSA) is 52.3 Å². The molecule has 0 heterocycles. The van der Waals surface area contributed by atoms with E-state index in [1.807, 2.05) is 18.2 Å². The zero-order chi connectivity index (χ0) is 13.0. The summed E-state index contributed by atoms with van der Waals surface area (Å²) in [6, 6.07) is 7.36. The maximum Gasteiger partial charge on any atom is 0.309 e. The van der Waals surface area contributed by atoms with Crippen molar-refractivity contribution in [2.24, 2.45) is 17.6 Å². The van der Waals surface area contributed by atoms with E-state index in [0.717, 1.165) is 24.8 Å². The Balaban J connectivity index is 1.88. The summed E-state index contributed by atoms with van der Waals surface area (Å²) in [5.74, 6) is 0.147. The second-order valence-electron chi connectivity index (χ2n) is 4.77. The summed E-state index contributed by atoms with van der Waals surface area (Å²) in [6.45, 7) is 0.851. The zero-order valence-corrected chi connectivity index (χ0v) is 11.0. The lowest BCUT2D eigenvalue weighted by molar-refractivity contribution is -0.151. The van der Waals surface area contributed by atoms with Gasteiger partial charge in [-0.05, 0) is 43.0 Å². The van der Waals surface area contributed by atoms with E-state index < -0.39 is 0 Å². The summed E-state index contributed by atoms with van der Waals surface area (Å²) in [4.78, 5) is 12.0. The highest BCUT2D eigenvalue weighted by atomic mass is 35.5. The Hall–Kier alpha value is -1.06. The van der Waals surface area contributed by atoms with Gasteiger partial charge in [-0.25, -0.2) is 0 Å². The number of ether oxygens (including phenoxy) is 1. The average molecular weight is 268 g/mol. The predicted molar refractivity (Wildman–Crippen MR) is 71.1 cm³/mol. The third kappa shape index (κ3) is 3.24. The van der Waals surface area contributed by atoms with E-state index in [0.29, 0.717) is 11.6 Å². The lowest BCUT2D eigenvalue weighted by atomic mass is 9.96. The first-order chi connectivity index (χ1) is 8.70. The van der Waals surface area contributed by atoms with Gasteiger partial charge >= 0.3 is 5.97 Å². The minimum atomic E-state index is -0.122. The van der Waals surface area contributed by atoms with Crippen LogP contribution >= 0.6 is 11.6 Å². The van der Waals surface area contributed by atoms with Crippen molar-refractivity contribution in [1.29, 1.82) is 0 Å². The van der Waals surface area contributed by atoms with Crippen LogP contribution in [-0.2, 0) is 16.1 Å². The molecule has 3 nitrogen and oxygen atoms in total. The summed E-state index contributed by atoms with van der Waals surface area (Å²) >= 11 is 5.88.